The molecule has 1 heterocycles. The molecule has 1 rings (SSSR count). The van der Waals surface area contributed by atoms with Gasteiger partial charge in [-0.3, -0.25) is 4.98 Å². The maximum absolute atomic E-state index is 11.8. The van der Waals surface area contributed by atoms with E-state index >= 15 is 0 Å². The van der Waals surface area contributed by atoms with Gasteiger partial charge in [-0.1, -0.05) is 15.9 Å². The summed E-state index contributed by atoms with van der Waals surface area (Å²) in [6, 6.07) is 3.67. The number of aromatic nitrogens is 1. The van der Waals surface area contributed by atoms with Gasteiger partial charge in [0.1, 0.15) is 0 Å². The number of alkyl halides is 1. The van der Waals surface area contributed by atoms with Gasteiger partial charge in [-0.15, -0.1) is 0 Å². The van der Waals surface area contributed by atoms with E-state index < -0.39 is 10.0 Å². The first-order valence-electron chi connectivity index (χ1n) is 4.95. The Hall–Kier alpha value is -0.460. The number of nitrogens with zero attached hydrogens (tertiary/aromatic N) is 2. The second kappa shape index (κ2) is 6.32. The van der Waals surface area contributed by atoms with E-state index in [0.717, 1.165) is 5.56 Å². The van der Waals surface area contributed by atoms with E-state index in [1.807, 2.05) is 12.1 Å². The number of hydrogen-bond acceptors (Lipinski definition) is 3. The van der Waals surface area contributed by atoms with Crippen LogP contribution < -0.4 is 0 Å². The highest BCUT2D eigenvalue weighted by Crippen LogP contribution is 2.04. The van der Waals surface area contributed by atoms with Crippen LogP contribution in [0, 0.1) is 0 Å². The molecule has 1 aromatic heterocycles. The van der Waals surface area contributed by atoms with E-state index in [9.17, 15) is 8.42 Å². The first-order chi connectivity index (χ1) is 7.56. The molecule has 4 nitrogen and oxygen atoms in total. The van der Waals surface area contributed by atoms with Gasteiger partial charge >= 0.3 is 0 Å². The van der Waals surface area contributed by atoms with E-state index in [-0.39, 0.29) is 5.75 Å². The Morgan fingerprint density at radius 3 is 2.56 bits per heavy atom. The van der Waals surface area contributed by atoms with Crippen molar-refractivity contribution in [1.82, 2.24) is 9.29 Å². The summed E-state index contributed by atoms with van der Waals surface area (Å²) in [5, 5.41) is 0.651. The standard InChI is InChI=1S/C10H15BrN2O2S/c1-13(8-5-11)16(14,15)9-4-10-2-6-12-7-3-10/h2-3,6-7H,4-5,8-9H2,1H3. The quantitative estimate of drug-likeness (QED) is 0.744. The minimum Gasteiger partial charge on any atom is -0.265 e. The summed E-state index contributed by atoms with van der Waals surface area (Å²) < 4.78 is 24.9. The van der Waals surface area contributed by atoms with Crippen LogP contribution in [0.25, 0.3) is 0 Å². The average molecular weight is 307 g/mol. The molecule has 0 atom stereocenters. The van der Waals surface area contributed by atoms with Crippen LogP contribution in [0.15, 0.2) is 24.5 Å². The Balaban J connectivity index is 2.55. The number of pyridine rings is 1. The van der Waals surface area contributed by atoms with Crippen LogP contribution in [-0.2, 0) is 16.4 Å². The lowest BCUT2D eigenvalue weighted by Gasteiger charge is -2.15. The molecule has 0 aliphatic rings. The van der Waals surface area contributed by atoms with Crippen molar-refractivity contribution in [2.75, 3.05) is 24.7 Å². The largest absolute Gasteiger partial charge is 0.265 e. The molecule has 0 unspecified atom stereocenters. The topological polar surface area (TPSA) is 50.3 Å². The summed E-state index contributed by atoms with van der Waals surface area (Å²) in [6.07, 6.45) is 3.87. The predicted molar refractivity (Wildman–Crippen MR) is 68.2 cm³/mol. The third-order valence-corrected chi connectivity index (χ3v) is 4.48. The predicted octanol–water partition coefficient (Wildman–Crippen LogP) is 1.28. The lowest BCUT2D eigenvalue weighted by atomic mass is 10.2. The maximum atomic E-state index is 11.8. The second-order valence-electron chi connectivity index (χ2n) is 3.43. The Kier molecular flexibility index (Phi) is 5.37. The Bertz CT molecular complexity index is 408. The molecule has 0 spiro atoms. The Morgan fingerprint density at radius 1 is 1.38 bits per heavy atom. The third kappa shape index (κ3) is 4.19. The van der Waals surface area contributed by atoms with Crippen molar-refractivity contribution in [3.8, 4) is 0 Å². The number of aryl methyl sites for hydroxylation is 1. The number of halogens is 1. The highest BCUT2D eigenvalue weighted by Gasteiger charge is 2.16. The fourth-order valence-corrected chi connectivity index (χ4v) is 3.15. The zero-order valence-corrected chi connectivity index (χ0v) is 11.5. The van der Waals surface area contributed by atoms with Crippen molar-refractivity contribution in [2.45, 2.75) is 6.42 Å². The van der Waals surface area contributed by atoms with Crippen molar-refractivity contribution in [3.63, 3.8) is 0 Å². The molecular formula is C10H15BrN2O2S. The van der Waals surface area contributed by atoms with Gasteiger partial charge in [0, 0.05) is 31.3 Å². The van der Waals surface area contributed by atoms with Crippen molar-refractivity contribution >= 4 is 26.0 Å². The smallest absolute Gasteiger partial charge is 0.214 e. The molecule has 90 valence electrons. The van der Waals surface area contributed by atoms with Gasteiger partial charge in [0.05, 0.1) is 5.75 Å². The molecule has 0 radical (unpaired) electrons. The highest BCUT2D eigenvalue weighted by atomic mass is 79.9. The molecule has 0 N–H and O–H groups in total. The van der Waals surface area contributed by atoms with Crippen LogP contribution in [0.4, 0.5) is 0 Å². The Morgan fingerprint density at radius 2 is 2.00 bits per heavy atom. The third-order valence-electron chi connectivity index (χ3n) is 2.27. The monoisotopic (exact) mass is 306 g/mol. The summed E-state index contributed by atoms with van der Waals surface area (Å²) in [5.74, 6) is 0.139. The average Bonchev–Trinajstić information content (AvgIpc) is 2.28. The van der Waals surface area contributed by atoms with Gasteiger partial charge in [-0.2, -0.15) is 0 Å². The molecule has 0 aliphatic carbocycles. The van der Waals surface area contributed by atoms with E-state index in [1.165, 1.54) is 4.31 Å². The molecule has 0 fully saturated rings. The van der Waals surface area contributed by atoms with Crippen molar-refractivity contribution in [1.29, 1.82) is 0 Å². The lowest BCUT2D eigenvalue weighted by Crippen LogP contribution is -2.31. The number of hydrogen-bond donors (Lipinski definition) is 0. The molecule has 0 aromatic carbocycles. The Labute approximate surface area is 105 Å². The van der Waals surface area contributed by atoms with Gasteiger partial charge in [0.2, 0.25) is 10.0 Å². The zero-order valence-electron chi connectivity index (χ0n) is 9.13. The minimum atomic E-state index is -3.14. The summed E-state index contributed by atoms with van der Waals surface area (Å²) >= 11 is 3.22. The molecule has 0 saturated heterocycles. The molecule has 0 saturated carbocycles. The van der Waals surface area contributed by atoms with Crippen LogP contribution in [0.5, 0.6) is 0 Å². The van der Waals surface area contributed by atoms with Crippen molar-refractivity contribution in [3.05, 3.63) is 30.1 Å². The fraction of sp³-hybridized carbons (Fsp3) is 0.500. The first kappa shape index (κ1) is 13.6. The van der Waals surface area contributed by atoms with Crippen LogP contribution in [0.2, 0.25) is 0 Å². The van der Waals surface area contributed by atoms with Crippen LogP contribution in [0.3, 0.4) is 0 Å². The second-order valence-corrected chi connectivity index (χ2v) is 6.42. The maximum Gasteiger partial charge on any atom is 0.214 e. The lowest BCUT2D eigenvalue weighted by molar-refractivity contribution is 0.489. The van der Waals surface area contributed by atoms with Crippen molar-refractivity contribution in [2.24, 2.45) is 0 Å². The van der Waals surface area contributed by atoms with Gasteiger partial charge in [-0.05, 0) is 24.1 Å². The minimum absolute atomic E-state index is 0.139. The molecule has 0 amide bonds. The molecule has 16 heavy (non-hydrogen) atoms. The van der Waals surface area contributed by atoms with E-state index in [0.29, 0.717) is 18.3 Å². The summed E-state index contributed by atoms with van der Waals surface area (Å²) in [4.78, 5) is 3.89. The molecular weight excluding hydrogens is 292 g/mol. The fourth-order valence-electron chi connectivity index (χ4n) is 1.21. The molecule has 1 aromatic rings. The summed E-state index contributed by atoms with van der Waals surface area (Å²) in [5.41, 5.74) is 0.991. The normalized spacial score (nSPS) is 11.9. The number of rotatable bonds is 6. The zero-order chi connectivity index (χ0) is 12.0. The van der Waals surface area contributed by atoms with E-state index in [1.54, 1.807) is 19.4 Å². The molecule has 6 heteroatoms. The van der Waals surface area contributed by atoms with Crippen molar-refractivity contribution < 1.29 is 8.42 Å². The van der Waals surface area contributed by atoms with E-state index in [4.69, 9.17) is 0 Å². The van der Waals surface area contributed by atoms with Gasteiger partial charge < -0.3 is 0 Å². The summed E-state index contributed by atoms with van der Waals surface area (Å²) in [6.45, 7) is 0.499. The van der Waals surface area contributed by atoms with Gasteiger partial charge in [0.25, 0.3) is 0 Å². The first-order valence-corrected chi connectivity index (χ1v) is 7.68. The molecule has 0 bridgehead atoms. The highest BCUT2D eigenvalue weighted by molar-refractivity contribution is 9.09. The van der Waals surface area contributed by atoms with Gasteiger partial charge in [0.15, 0.2) is 0 Å². The van der Waals surface area contributed by atoms with E-state index in [2.05, 4.69) is 20.9 Å². The SMILES string of the molecule is CN(CCBr)S(=O)(=O)CCc1ccncc1. The number of sulfonamides is 1. The van der Waals surface area contributed by atoms with Crippen LogP contribution in [-0.4, -0.2) is 42.4 Å². The molecule has 0 aliphatic heterocycles. The summed E-state index contributed by atoms with van der Waals surface area (Å²) in [7, 11) is -1.54. The van der Waals surface area contributed by atoms with Gasteiger partial charge in [-0.25, -0.2) is 12.7 Å². The van der Waals surface area contributed by atoms with Crippen LogP contribution >= 0.6 is 15.9 Å². The van der Waals surface area contributed by atoms with Crippen LogP contribution in [0.1, 0.15) is 5.56 Å².